The highest BCUT2D eigenvalue weighted by Crippen LogP contribution is 2.35. The molecule has 0 spiro atoms. The van der Waals surface area contributed by atoms with Crippen LogP contribution < -0.4 is 15.5 Å². The number of anilines is 3. The molecule has 1 aromatic heterocycles. The van der Waals surface area contributed by atoms with E-state index in [1.807, 2.05) is 6.92 Å². The van der Waals surface area contributed by atoms with E-state index in [0.29, 0.717) is 12.5 Å². The Morgan fingerprint density at radius 2 is 1.62 bits per heavy atom. The maximum Gasteiger partial charge on any atom is 0.308 e. The summed E-state index contributed by atoms with van der Waals surface area (Å²) in [4.78, 5) is 27.8. The zero-order valence-electron chi connectivity index (χ0n) is 27.1. The first-order valence-electron chi connectivity index (χ1n) is 17.3. The topological polar surface area (TPSA) is 82.6 Å². The minimum absolute atomic E-state index is 0.0304. The van der Waals surface area contributed by atoms with Crippen molar-refractivity contribution in [1.29, 1.82) is 0 Å². The lowest BCUT2D eigenvalue weighted by Crippen LogP contribution is -2.36. The van der Waals surface area contributed by atoms with Gasteiger partial charge in [0.05, 0.1) is 24.3 Å². The molecule has 2 fully saturated rings. The van der Waals surface area contributed by atoms with Gasteiger partial charge in [-0.1, -0.05) is 55.5 Å². The fourth-order valence-corrected chi connectivity index (χ4v) is 7.50. The van der Waals surface area contributed by atoms with Crippen LogP contribution in [0, 0.1) is 11.8 Å². The van der Waals surface area contributed by atoms with Gasteiger partial charge in [-0.3, -0.25) is 4.79 Å². The molecule has 45 heavy (non-hydrogen) atoms. The Hall–Kier alpha value is -3.65. The molecular weight excluding hydrogens is 560 g/mol. The molecule has 0 bridgehead atoms. The molecule has 8 heteroatoms. The van der Waals surface area contributed by atoms with Gasteiger partial charge in [-0.2, -0.15) is 4.98 Å². The van der Waals surface area contributed by atoms with Crippen LogP contribution in [0.1, 0.15) is 81.7 Å². The smallest absolute Gasteiger partial charge is 0.308 e. The number of likely N-dealkylation sites (tertiary alicyclic amines) is 1. The van der Waals surface area contributed by atoms with Crippen LogP contribution in [0.2, 0.25) is 0 Å². The number of hydrogen-bond donors (Lipinski definition) is 2. The quantitative estimate of drug-likeness (QED) is 0.216. The third-order valence-electron chi connectivity index (χ3n) is 10.0. The van der Waals surface area contributed by atoms with Gasteiger partial charge in [0, 0.05) is 43.3 Å². The summed E-state index contributed by atoms with van der Waals surface area (Å²) in [6, 6.07) is 21.9. The molecule has 1 saturated heterocycles. The molecule has 3 aliphatic rings. The number of aromatic nitrogens is 2. The maximum atomic E-state index is 12.4. The maximum absolute atomic E-state index is 12.4. The van der Waals surface area contributed by atoms with Gasteiger partial charge in [0.15, 0.2) is 0 Å². The van der Waals surface area contributed by atoms with E-state index in [4.69, 9.17) is 14.7 Å². The molecule has 6 rings (SSSR count). The first-order chi connectivity index (χ1) is 22.1. The monoisotopic (exact) mass is 610 g/mol. The first-order valence-corrected chi connectivity index (χ1v) is 17.3. The van der Waals surface area contributed by atoms with E-state index in [-0.39, 0.29) is 24.0 Å². The summed E-state index contributed by atoms with van der Waals surface area (Å²) < 4.78 is 5.32. The number of fused-ring (bicyclic) bond motifs is 1. The number of ether oxygens (including phenoxy) is 1. The molecule has 8 nitrogen and oxygen atoms in total. The second-order valence-electron chi connectivity index (χ2n) is 13.0. The molecule has 2 aromatic carbocycles. The predicted molar refractivity (Wildman–Crippen MR) is 181 cm³/mol. The molecule has 1 saturated carbocycles. The molecular formula is C37H50N6O2. The van der Waals surface area contributed by atoms with E-state index in [1.54, 1.807) is 0 Å². The molecule has 3 heterocycles. The summed E-state index contributed by atoms with van der Waals surface area (Å²) in [5.74, 6) is 2.15. The lowest BCUT2D eigenvalue weighted by molar-refractivity contribution is -0.149. The number of carbonyl (C=O) groups excluding carboxylic acids is 1. The summed E-state index contributed by atoms with van der Waals surface area (Å²) in [6.07, 6.45) is 8.22. The molecule has 1 aliphatic carbocycles. The van der Waals surface area contributed by atoms with Crippen LogP contribution in [0.25, 0.3) is 0 Å². The number of esters is 1. The van der Waals surface area contributed by atoms with Crippen LogP contribution in [0.3, 0.4) is 0 Å². The molecule has 2 atom stereocenters. The van der Waals surface area contributed by atoms with Crippen molar-refractivity contribution in [3.8, 4) is 0 Å². The van der Waals surface area contributed by atoms with Crippen molar-refractivity contribution in [2.24, 2.45) is 11.8 Å². The fraction of sp³-hybridized carbons (Fsp3) is 0.541. The summed E-state index contributed by atoms with van der Waals surface area (Å²) in [5, 5.41) is 7.74. The Balaban J connectivity index is 1.27. The van der Waals surface area contributed by atoms with Crippen LogP contribution in [-0.4, -0.2) is 59.7 Å². The second-order valence-corrected chi connectivity index (χ2v) is 13.0. The second kappa shape index (κ2) is 15.1. The van der Waals surface area contributed by atoms with E-state index in [1.165, 1.54) is 29.7 Å². The first kappa shape index (κ1) is 31.3. The zero-order valence-corrected chi connectivity index (χ0v) is 27.1. The van der Waals surface area contributed by atoms with Crippen LogP contribution in [0.4, 0.5) is 17.5 Å². The Kier molecular flexibility index (Phi) is 10.5. The van der Waals surface area contributed by atoms with Crippen LogP contribution in [0.5, 0.6) is 0 Å². The third kappa shape index (κ3) is 7.78. The average molecular weight is 611 g/mol. The van der Waals surface area contributed by atoms with Crippen molar-refractivity contribution in [1.82, 2.24) is 14.9 Å². The van der Waals surface area contributed by atoms with E-state index in [0.717, 1.165) is 88.7 Å². The SMILES string of the molecule is CCOC(=O)C1CCC([C@@H](CC)Nc2nc3c(c(N[C@@H](CN4CCCC4)c4ccccc4)n2)CN(c2ccccc2)CC3)CC1. The largest absolute Gasteiger partial charge is 0.466 e. The Morgan fingerprint density at radius 3 is 2.31 bits per heavy atom. The Labute approximate surface area is 269 Å². The van der Waals surface area contributed by atoms with Crippen LogP contribution in [-0.2, 0) is 22.5 Å². The number of hydrogen-bond acceptors (Lipinski definition) is 8. The Bertz CT molecular complexity index is 1370. The van der Waals surface area contributed by atoms with E-state index in [2.05, 4.69) is 88.0 Å². The highest BCUT2D eigenvalue weighted by Gasteiger charge is 2.32. The third-order valence-corrected chi connectivity index (χ3v) is 10.0. The standard InChI is InChI=1S/C37H50N6O2/c1-3-32(28-17-19-29(20-18-28)36(44)45-4-2)39-37-40-33-21-24-43(30-15-9-6-10-16-30)25-31(33)35(41-37)38-34(26-42-22-11-12-23-42)27-13-7-5-8-14-27/h5-10,13-16,28-29,32,34H,3-4,11-12,17-26H2,1-2H3,(H2,38,39,40,41)/t28?,29?,32-,34+/m1/s1. The van der Waals surface area contributed by atoms with Crippen molar-refractivity contribution in [3.63, 3.8) is 0 Å². The summed E-state index contributed by atoms with van der Waals surface area (Å²) in [5.41, 5.74) is 4.85. The zero-order chi connectivity index (χ0) is 31.0. The number of benzene rings is 2. The minimum atomic E-state index is -0.0304. The van der Waals surface area contributed by atoms with Gasteiger partial charge >= 0.3 is 5.97 Å². The molecule has 240 valence electrons. The van der Waals surface area contributed by atoms with Crippen LogP contribution >= 0.6 is 0 Å². The van der Waals surface area contributed by atoms with E-state index < -0.39 is 0 Å². The van der Waals surface area contributed by atoms with Crippen molar-refractivity contribution in [2.45, 2.75) is 83.8 Å². The van der Waals surface area contributed by atoms with Crippen LogP contribution in [0.15, 0.2) is 60.7 Å². The minimum Gasteiger partial charge on any atom is -0.466 e. The highest BCUT2D eigenvalue weighted by atomic mass is 16.5. The molecule has 0 radical (unpaired) electrons. The normalized spacial score (nSPS) is 21.5. The van der Waals surface area contributed by atoms with Crippen molar-refractivity contribution in [2.75, 3.05) is 48.3 Å². The van der Waals surface area contributed by atoms with Crippen molar-refractivity contribution < 1.29 is 9.53 Å². The molecule has 0 amide bonds. The van der Waals surface area contributed by atoms with Gasteiger partial charge in [0.1, 0.15) is 5.82 Å². The average Bonchev–Trinajstić information content (AvgIpc) is 3.61. The van der Waals surface area contributed by atoms with Gasteiger partial charge in [0.2, 0.25) is 5.95 Å². The van der Waals surface area contributed by atoms with Gasteiger partial charge < -0.3 is 25.2 Å². The predicted octanol–water partition coefficient (Wildman–Crippen LogP) is 6.85. The lowest BCUT2D eigenvalue weighted by Gasteiger charge is -2.35. The highest BCUT2D eigenvalue weighted by molar-refractivity contribution is 5.72. The number of carbonyl (C=O) groups is 1. The summed E-state index contributed by atoms with van der Waals surface area (Å²) in [7, 11) is 0. The number of nitrogens with zero attached hydrogens (tertiary/aromatic N) is 4. The van der Waals surface area contributed by atoms with E-state index in [9.17, 15) is 4.79 Å². The van der Waals surface area contributed by atoms with Gasteiger partial charge in [-0.25, -0.2) is 4.98 Å². The van der Waals surface area contributed by atoms with Crippen molar-refractivity contribution in [3.05, 3.63) is 77.5 Å². The molecule has 2 aliphatic heterocycles. The van der Waals surface area contributed by atoms with Gasteiger partial charge in [-0.15, -0.1) is 0 Å². The van der Waals surface area contributed by atoms with E-state index >= 15 is 0 Å². The molecule has 0 unspecified atom stereocenters. The van der Waals surface area contributed by atoms with Gasteiger partial charge in [0.25, 0.3) is 0 Å². The number of para-hydroxylation sites is 1. The number of nitrogens with one attached hydrogen (secondary N) is 2. The summed E-state index contributed by atoms with van der Waals surface area (Å²) in [6.45, 7) is 9.55. The Morgan fingerprint density at radius 1 is 0.911 bits per heavy atom. The fourth-order valence-electron chi connectivity index (χ4n) is 7.50. The number of rotatable bonds is 12. The van der Waals surface area contributed by atoms with Crippen molar-refractivity contribution >= 4 is 23.4 Å². The molecule has 3 aromatic rings. The lowest BCUT2D eigenvalue weighted by atomic mass is 9.78. The summed E-state index contributed by atoms with van der Waals surface area (Å²) >= 11 is 0. The molecule has 2 N–H and O–H groups in total. The van der Waals surface area contributed by atoms with Gasteiger partial charge in [-0.05, 0) is 88.6 Å².